The number of amides is 1. The van der Waals surface area contributed by atoms with Crippen molar-refractivity contribution in [2.45, 2.75) is 56.7 Å². The number of aromatic nitrogens is 5. The van der Waals surface area contributed by atoms with Crippen molar-refractivity contribution in [2.75, 3.05) is 12.4 Å². The lowest BCUT2D eigenvalue weighted by atomic mass is 9.91. The fourth-order valence-electron chi connectivity index (χ4n) is 4.09. The van der Waals surface area contributed by atoms with E-state index in [9.17, 15) is 14.7 Å². The van der Waals surface area contributed by atoms with E-state index in [0.29, 0.717) is 28.2 Å². The highest BCUT2D eigenvalue weighted by atomic mass is 16.5. The number of carbonyl (C=O) groups is 1. The summed E-state index contributed by atoms with van der Waals surface area (Å²) in [7, 11) is 1.37. The zero-order valence-electron chi connectivity index (χ0n) is 18.2. The van der Waals surface area contributed by atoms with Crippen LogP contribution in [0.3, 0.4) is 0 Å². The van der Waals surface area contributed by atoms with Crippen LogP contribution in [0, 0.1) is 0 Å². The molecule has 5 rings (SSSR count). The molecule has 0 radical (unpaired) electrons. The third-order valence-electron chi connectivity index (χ3n) is 5.96. The van der Waals surface area contributed by atoms with Gasteiger partial charge < -0.3 is 25.5 Å². The maximum atomic E-state index is 11.5. The Balaban J connectivity index is 1.44. The van der Waals surface area contributed by atoms with Crippen LogP contribution in [-0.4, -0.2) is 61.0 Å². The Morgan fingerprint density at radius 2 is 2.00 bits per heavy atom. The van der Waals surface area contributed by atoms with E-state index < -0.39 is 11.8 Å². The van der Waals surface area contributed by atoms with E-state index in [1.807, 2.05) is 6.07 Å². The van der Waals surface area contributed by atoms with E-state index in [4.69, 9.17) is 9.98 Å². The molecule has 2 aliphatic rings. The number of imidazole rings is 1. The molecular formula is C21H26N8O4. The number of nitrogens with zero attached hydrogens (tertiary/aromatic N) is 4. The molecule has 0 aliphatic heterocycles. The van der Waals surface area contributed by atoms with Crippen molar-refractivity contribution in [3.63, 3.8) is 0 Å². The van der Waals surface area contributed by atoms with Crippen molar-refractivity contribution in [3.8, 4) is 5.88 Å². The van der Waals surface area contributed by atoms with E-state index in [-0.39, 0.29) is 23.7 Å². The first-order chi connectivity index (χ1) is 16.0. The normalized spacial score (nSPS) is 22.0. The SMILES string of the molecule is COC(=O)NC1CCC(Nc2cc(=NC3CC3)n3ncc(=Cc4[nH]c(=O)[nH]c4O)c3n2)CC1. The predicted molar refractivity (Wildman–Crippen MR) is 119 cm³/mol. The molecule has 0 saturated heterocycles. The first kappa shape index (κ1) is 21.0. The number of nitrogens with one attached hydrogen (secondary N) is 4. The fourth-order valence-corrected chi connectivity index (χ4v) is 4.09. The van der Waals surface area contributed by atoms with Crippen LogP contribution in [0.2, 0.25) is 0 Å². The van der Waals surface area contributed by atoms with Crippen LogP contribution in [0.25, 0.3) is 11.7 Å². The van der Waals surface area contributed by atoms with Crippen molar-refractivity contribution in [1.29, 1.82) is 0 Å². The average Bonchev–Trinajstić information content (AvgIpc) is 3.43. The largest absolute Gasteiger partial charge is 0.493 e. The van der Waals surface area contributed by atoms with E-state index in [1.165, 1.54) is 7.11 Å². The van der Waals surface area contributed by atoms with Crippen molar-refractivity contribution in [3.05, 3.63) is 39.1 Å². The third kappa shape index (κ3) is 4.69. The van der Waals surface area contributed by atoms with Gasteiger partial charge >= 0.3 is 11.8 Å². The number of H-pyrrole nitrogens is 2. The molecule has 0 bridgehead atoms. The van der Waals surface area contributed by atoms with E-state index >= 15 is 0 Å². The number of carbonyl (C=O) groups excluding carboxylic acids is 1. The summed E-state index contributed by atoms with van der Waals surface area (Å²) < 4.78 is 6.36. The van der Waals surface area contributed by atoms with Crippen molar-refractivity contribution >= 4 is 23.6 Å². The number of alkyl carbamates (subject to hydrolysis) is 1. The van der Waals surface area contributed by atoms with Crippen LogP contribution < -0.4 is 27.0 Å². The number of hydrogen-bond acceptors (Lipinski definition) is 8. The van der Waals surface area contributed by atoms with Gasteiger partial charge in [0.15, 0.2) is 11.1 Å². The molecule has 3 heterocycles. The summed E-state index contributed by atoms with van der Waals surface area (Å²) in [4.78, 5) is 37.3. The quantitative estimate of drug-likeness (QED) is 0.366. The van der Waals surface area contributed by atoms with Crippen LogP contribution in [0.1, 0.15) is 44.2 Å². The minimum atomic E-state index is -0.493. The molecule has 12 heteroatoms. The Kier molecular flexibility index (Phi) is 5.48. The number of aromatic hydroxyl groups is 1. The number of rotatable bonds is 5. The standard InChI is InChI=1S/C21H26N8O4/c1-33-21(32)25-14-6-2-12(3-7-14)23-16-9-17(24-13-4-5-13)29-18(27-16)11(10-22-29)8-15-19(30)28-20(31)26-15/h8-10,12-14,23,30H,2-7H2,1H3,(H,25,32)(H2,26,28,31). The van der Waals surface area contributed by atoms with Crippen molar-refractivity contribution in [1.82, 2.24) is 29.9 Å². The average molecular weight is 454 g/mol. The van der Waals surface area contributed by atoms with Crippen LogP contribution in [0.4, 0.5) is 10.6 Å². The van der Waals surface area contributed by atoms with Crippen LogP contribution in [-0.2, 0) is 4.74 Å². The maximum Gasteiger partial charge on any atom is 0.407 e. The van der Waals surface area contributed by atoms with Crippen LogP contribution in [0.5, 0.6) is 5.88 Å². The highest BCUT2D eigenvalue weighted by molar-refractivity contribution is 5.67. The summed E-state index contributed by atoms with van der Waals surface area (Å²) in [6, 6.07) is 2.52. The monoisotopic (exact) mass is 454 g/mol. The molecule has 2 saturated carbocycles. The zero-order valence-corrected chi connectivity index (χ0v) is 18.2. The Morgan fingerprint density at radius 1 is 1.24 bits per heavy atom. The highest BCUT2D eigenvalue weighted by Crippen LogP contribution is 2.23. The number of methoxy groups -OCH3 is 1. The highest BCUT2D eigenvalue weighted by Gasteiger charge is 2.24. The number of hydrogen-bond donors (Lipinski definition) is 5. The van der Waals surface area contributed by atoms with E-state index in [0.717, 1.165) is 38.5 Å². The van der Waals surface area contributed by atoms with Crippen molar-refractivity contribution < 1.29 is 14.6 Å². The number of fused-ring (bicyclic) bond motifs is 1. The van der Waals surface area contributed by atoms with Gasteiger partial charge in [-0.3, -0.25) is 9.98 Å². The molecule has 174 valence electrons. The summed E-state index contributed by atoms with van der Waals surface area (Å²) >= 11 is 0. The Morgan fingerprint density at radius 3 is 2.67 bits per heavy atom. The minimum Gasteiger partial charge on any atom is -0.493 e. The lowest BCUT2D eigenvalue weighted by molar-refractivity contribution is 0.162. The smallest absolute Gasteiger partial charge is 0.407 e. The van der Waals surface area contributed by atoms with Gasteiger partial charge in [-0.1, -0.05) is 0 Å². The van der Waals surface area contributed by atoms with Gasteiger partial charge in [0.2, 0.25) is 5.88 Å². The van der Waals surface area contributed by atoms with E-state index in [2.05, 4.69) is 30.4 Å². The molecule has 2 fully saturated rings. The second kappa shape index (κ2) is 8.60. The topological polar surface area (TPSA) is 162 Å². The molecule has 1 amide bonds. The number of ether oxygens (including phenoxy) is 1. The molecule has 33 heavy (non-hydrogen) atoms. The second-order valence-electron chi connectivity index (χ2n) is 8.51. The molecule has 2 aliphatic carbocycles. The van der Waals surface area contributed by atoms with Gasteiger partial charge in [0, 0.05) is 23.4 Å². The van der Waals surface area contributed by atoms with E-state index in [1.54, 1.807) is 16.8 Å². The molecule has 0 spiro atoms. The molecule has 3 aromatic rings. The first-order valence-electron chi connectivity index (χ1n) is 11.0. The number of aromatic amines is 2. The lowest BCUT2D eigenvalue weighted by Gasteiger charge is -2.29. The van der Waals surface area contributed by atoms with Gasteiger partial charge in [0.05, 0.1) is 19.3 Å². The first-order valence-corrected chi connectivity index (χ1v) is 11.0. The Hall–Kier alpha value is -3.83. The second-order valence-corrected chi connectivity index (χ2v) is 8.51. The Bertz CT molecular complexity index is 1340. The summed E-state index contributed by atoms with van der Waals surface area (Å²) in [5.74, 6) is 0.446. The lowest BCUT2D eigenvalue weighted by Crippen LogP contribution is -2.40. The Labute approximate surface area is 187 Å². The summed E-state index contributed by atoms with van der Waals surface area (Å²) in [6.45, 7) is 0. The molecule has 0 aromatic carbocycles. The van der Waals surface area contributed by atoms with Crippen LogP contribution >= 0.6 is 0 Å². The van der Waals surface area contributed by atoms with Gasteiger partial charge in [-0.2, -0.15) is 9.61 Å². The fraction of sp³-hybridized carbons (Fsp3) is 0.476. The summed E-state index contributed by atoms with van der Waals surface area (Å²) in [5.41, 5.74) is 1.04. The van der Waals surface area contributed by atoms with Gasteiger partial charge in [-0.15, -0.1) is 0 Å². The predicted octanol–water partition coefficient (Wildman–Crippen LogP) is 0.141. The molecule has 12 nitrogen and oxygen atoms in total. The summed E-state index contributed by atoms with van der Waals surface area (Å²) in [6.07, 6.45) is 8.43. The van der Waals surface area contributed by atoms with Gasteiger partial charge in [0.1, 0.15) is 11.5 Å². The summed E-state index contributed by atoms with van der Waals surface area (Å²) in [5, 5.41) is 21.4. The van der Waals surface area contributed by atoms with Gasteiger partial charge in [-0.25, -0.2) is 14.6 Å². The zero-order chi connectivity index (χ0) is 22.9. The minimum absolute atomic E-state index is 0.110. The molecule has 3 aromatic heterocycles. The molecule has 5 N–H and O–H groups in total. The van der Waals surface area contributed by atoms with Crippen molar-refractivity contribution in [2.24, 2.45) is 4.99 Å². The van der Waals surface area contributed by atoms with Gasteiger partial charge in [-0.05, 0) is 44.6 Å². The molecular weight excluding hydrogens is 428 g/mol. The third-order valence-corrected chi connectivity index (χ3v) is 5.96. The molecule has 0 atom stereocenters. The molecule has 0 unspecified atom stereocenters. The van der Waals surface area contributed by atoms with Crippen LogP contribution in [0.15, 0.2) is 22.1 Å². The number of anilines is 1. The maximum absolute atomic E-state index is 11.5. The van der Waals surface area contributed by atoms with Gasteiger partial charge in [0.25, 0.3) is 0 Å².